The molecule has 0 unspecified atom stereocenters. The highest BCUT2D eigenvalue weighted by molar-refractivity contribution is 6.01. The van der Waals surface area contributed by atoms with Crippen LogP contribution in [0.5, 0.6) is 0 Å². The highest BCUT2D eigenvalue weighted by Crippen LogP contribution is 2.26. The lowest BCUT2D eigenvalue weighted by Gasteiger charge is -2.07. The summed E-state index contributed by atoms with van der Waals surface area (Å²) < 4.78 is 7.28. The number of hydrogen-bond acceptors (Lipinski definition) is 2. The minimum atomic E-state index is -0.222. The van der Waals surface area contributed by atoms with Crippen molar-refractivity contribution in [2.24, 2.45) is 0 Å². The van der Waals surface area contributed by atoms with Gasteiger partial charge in [0, 0.05) is 43.0 Å². The maximum atomic E-state index is 12.5. The summed E-state index contributed by atoms with van der Waals surface area (Å²) >= 11 is 0. The molecule has 4 aromatic rings. The molecule has 3 N–H and O–H groups in total. The van der Waals surface area contributed by atoms with E-state index in [0.29, 0.717) is 13.2 Å². The van der Waals surface area contributed by atoms with E-state index in [2.05, 4.69) is 32.3 Å². The van der Waals surface area contributed by atoms with Crippen LogP contribution < -0.4 is 10.6 Å². The third kappa shape index (κ3) is 3.73. The zero-order valence-corrected chi connectivity index (χ0v) is 16.1. The number of nitrogens with one attached hydrogen (secondary N) is 3. The van der Waals surface area contributed by atoms with E-state index in [-0.39, 0.29) is 6.03 Å². The lowest BCUT2D eigenvalue weighted by Crippen LogP contribution is -2.28. The number of ether oxygens (including phenoxy) is 1. The van der Waals surface area contributed by atoms with E-state index in [1.165, 1.54) is 0 Å². The molecule has 2 aromatic carbocycles. The zero-order chi connectivity index (χ0) is 19.5. The van der Waals surface area contributed by atoms with Crippen LogP contribution >= 0.6 is 0 Å². The molecule has 2 heterocycles. The Kier molecular flexibility index (Phi) is 5.04. The number of carbonyl (C=O) groups excluding carboxylic acids is 1. The number of H-pyrrole nitrogens is 1. The van der Waals surface area contributed by atoms with Gasteiger partial charge in [-0.25, -0.2) is 4.79 Å². The number of benzene rings is 2. The second kappa shape index (κ2) is 7.78. The fraction of sp³-hybridized carbons (Fsp3) is 0.227. The number of nitrogens with zero attached hydrogens (tertiary/aromatic N) is 1. The van der Waals surface area contributed by atoms with Gasteiger partial charge in [-0.05, 0) is 42.1 Å². The summed E-state index contributed by atoms with van der Waals surface area (Å²) in [5, 5.41) is 8.08. The van der Waals surface area contributed by atoms with Gasteiger partial charge in [0.1, 0.15) is 0 Å². The Bertz CT molecular complexity index is 1130. The summed E-state index contributed by atoms with van der Waals surface area (Å²) in [6.45, 7) is 3.85. The van der Waals surface area contributed by atoms with Crippen LogP contribution in [0.2, 0.25) is 0 Å². The second-order valence-corrected chi connectivity index (χ2v) is 6.93. The molecule has 0 fully saturated rings. The molecule has 0 radical (unpaired) electrons. The van der Waals surface area contributed by atoms with E-state index < -0.39 is 0 Å². The van der Waals surface area contributed by atoms with Gasteiger partial charge in [-0.3, -0.25) is 0 Å². The number of carbonyl (C=O) groups is 1. The first-order valence-corrected chi connectivity index (χ1v) is 9.34. The van der Waals surface area contributed by atoms with Crippen LogP contribution in [0, 0.1) is 6.92 Å². The first kappa shape index (κ1) is 18.1. The van der Waals surface area contributed by atoms with E-state index in [4.69, 9.17) is 4.74 Å². The minimum Gasteiger partial charge on any atom is -0.383 e. The number of urea groups is 1. The highest BCUT2D eigenvalue weighted by atomic mass is 16.5. The summed E-state index contributed by atoms with van der Waals surface area (Å²) in [5.74, 6) is 0. The fourth-order valence-electron chi connectivity index (χ4n) is 3.51. The molecule has 0 atom stereocenters. The number of aromatic nitrogens is 2. The third-order valence-corrected chi connectivity index (χ3v) is 4.85. The Morgan fingerprint density at radius 1 is 1.18 bits per heavy atom. The summed E-state index contributed by atoms with van der Waals surface area (Å²) in [6.07, 6.45) is 1.96. The molecule has 2 aromatic heterocycles. The van der Waals surface area contributed by atoms with Crippen LogP contribution in [-0.4, -0.2) is 29.3 Å². The van der Waals surface area contributed by atoms with Gasteiger partial charge in [0.2, 0.25) is 0 Å². The fourth-order valence-corrected chi connectivity index (χ4v) is 3.51. The molecule has 0 aliphatic carbocycles. The van der Waals surface area contributed by atoms with E-state index in [1.54, 1.807) is 7.11 Å². The van der Waals surface area contributed by atoms with Crippen molar-refractivity contribution in [1.82, 2.24) is 14.9 Å². The first-order valence-electron chi connectivity index (χ1n) is 9.34. The van der Waals surface area contributed by atoms with Gasteiger partial charge >= 0.3 is 6.03 Å². The van der Waals surface area contributed by atoms with Crippen molar-refractivity contribution < 1.29 is 9.53 Å². The van der Waals surface area contributed by atoms with Crippen LogP contribution in [0.25, 0.3) is 21.8 Å². The summed E-state index contributed by atoms with van der Waals surface area (Å²) in [5.41, 5.74) is 5.16. The van der Waals surface area contributed by atoms with Gasteiger partial charge in [-0.2, -0.15) is 0 Å². The average molecular weight is 376 g/mol. The minimum absolute atomic E-state index is 0.222. The van der Waals surface area contributed by atoms with E-state index in [9.17, 15) is 4.79 Å². The van der Waals surface area contributed by atoms with Gasteiger partial charge in [0.05, 0.1) is 17.8 Å². The number of rotatable bonds is 6. The molecular weight excluding hydrogens is 352 g/mol. The summed E-state index contributed by atoms with van der Waals surface area (Å²) in [7, 11) is 1.68. The van der Waals surface area contributed by atoms with Gasteiger partial charge in [0.25, 0.3) is 0 Å². The van der Waals surface area contributed by atoms with Crippen LogP contribution in [0.3, 0.4) is 0 Å². The molecule has 6 nitrogen and oxygen atoms in total. The van der Waals surface area contributed by atoms with E-state index in [1.807, 2.05) is 49.5 Å². The number of aryl methyl sites for hydroxylation is 1. The molecule has 0 aliphatic rings. The Morgan fingerprint density at radius 2 is 2.04 bits per heavy atom. The number of hydrogen-bond donors (Lipinski definition) is 3. The predicted octanol–water partition coefficient (Wildman–Crippen LogP) is 4.40. The topological polar surface area (TPSA) is 71.1 Å². The van der Waals surface area contributed by atoms with Gasteiger partial charge in [0.15, 0.2) is 0 Å². The van der Waals surface area contributed by atoms with Gasteiger partial charge in [-0.15, -0.1) is 0 Å². The quantitative estimate of drug-likeness (QED) is 0.467. The molecule has 6 heteroatoms. The monoisotopic (exact) mass is 376 g/mol. The van der Waals surface area contributed by atoms with E-state index in [0.717, 1.165) is 45.3 Å². The Morgan fingerprint density at radius 3 is 2.89 bits per heavy atom. The summed E-state index contributed by atoms with van der Waals surface area (Å²) in [4.78, 5) is 15.8. The SMILES string of the molecule is COCCn1cc(NC(=O)NCc2ccc3[nH]c(C)cc3c2)c2ccccc21. The molecule has 2 amide bonds. The largest absolute Gasteiger partial charge is 0.383 e. The predicted molar refractivity (Wildman–Crippen MR) is 113 cm³/mol. The maximum absolute atomic E-state index is 12.5. The van der Waals surface area contributed by atoms with Crippen LogP contribution in [-0.2, 0) is 17.8 Å². The third-order valence-electron chi connectivity index (χ3n) is 4.85. The van der Waals surface area contributed by atoms with Gasteiger partial charge in [-0.1, -0.05) is 24.3 Å². The van der Waals surface area contributed by atoms with Crippen LogP contribution in [0.4, 0.5) is 10.5 Å². The maximum Gasteiger partial charge on any atom is 0.319 e. The van der Waals surface area contributed by atoms with Crippen molar-refractivity contribution in [3.63, 3.8) is 0 Å². The normalized spacial score (nSPS) is 11.2. The number of methoxy groups -OCH3 is 1. The Labute approximate surface area is 163 Å². The van der Waals surface area contributed by atoms with Crippen molar-refractivity contribution in [3.05, 3.63) is 66.0 Å². The van der Waals surface area contributed by atoms with Crippen LogP contribution in [0.1, 0.15) is 11.3 Å². The number of fused-ring (bicyclic) bond motifs is 2. The number of aromatic amines is 1. The molecule has 28 heavy (non-hydrogen) atoms. The first-order chi connectivity index (χ1) is 13.6. The Hall–Kier alpha value is -3.25. The molecular formula is C22H24N4O2. The average Bonchev–Trinajstić information content (AvgIpc) is 3.24. The molecule has 0 aliphatic heterocycles. The van der Waals surface area contributed by atoms with Crippen molar-refractivity contribution >= 4 is 33.5 Å². The number of anilines is 1. The molecule has 0 saturated carbocycles. The summed E-state index contributed by atoms with van der Waals surface area (Å²) in [6, 6.07) is 16.1. The smallest absolute Gasteiger partial charge is 0.319 e. The van der Waals surface area contributed by atoms with Crippen molar-refractivity contribution in [2.75, 3.05) is 19.0 Å². The highest BCUT2D eigenvalue weighted by Gasteiger charge is 2.11. The van der Waals surface area contributed by atoms with Crippen LogP contribution in [0.15, 0.2) is 54.7 Å². The zero-order valence-electron chi connectivity index (χ0n) is 16.1. The standard InChI is InChI=1S/C22H24N4O2/c1-15-11-17-12-16(7-8-19(17)24-15)13-23-22(27)25-20-14-26(9-10-28-2)21-6-4-3-5-18(20)21/h3-8,11-12,14,24H,9-10,13H2,1-2H3,(H2,23,25,27). The Balaban J connectivity index is 1.45. The number of amides is 2. The molecule has 0 spiro atoms. The molecule has 4 rings (SSSR count). The number of para-hydroxylation sites is 1. The molecule has 144 valence electrons. The van der Waals surface area contributed by atoms with Crippen molar-refractivity contribution in [1.29, 1.82) is 0 Å². The second-order valence-electron chi connectivity index (χ2n) is 6.93. The molecule has 0 saturated heterocycles. The lowest BCUT2D eigenvalue weighted by molar-refractivity contribution is 0.188. The van der Waals surface area contributed by atoms with E-state index >= 15 is 0 Å². The molecule has 0 bridgehead atoms. The van der Waals surface area contributed by atoms with Gasteiger partial charge < -0.3 is 24.9 Å². The van der Waals surface area contributed by atoms with Crippen molar-refractivity contribution in [2.45, 2.75) is 20.0 Å². The van der Waals surface area contributed by atoms with Crippen molar-refractivity contribution in [3.8, 4) is 0 Å². The lowest BCUT2D eigenvalue weighted by atomic mass is 10.1.